The van der Waals surface area contributed by atoms with Gasteiger partial charge in [0.25, 0.3) is 0 Å². The Morgan fingerprint density at radius 1 is 1.53 bits per heavy atom. The molecule has 0 saturated heterocycles. The average molecular weight is 229 g/mol. The number of rotatable bonds is 5. The zero-order valence-corrected chi connectivity index (χ0v) is 8.96. The molecule has 0 aliphatic rings. The first-order valence-electron chi connectivity index (χ1n) is 4.55. The summed E-state index contributed by atoms with van der Waals surface area (Å²) in [7, 11) is 0. The highest BCUT2D eigenvalue weighted by molar-refractivity contribution is 6.30. The summed E-state index contributed by atoms with van der Waals surface area (Å²) in [5.41, 5.74) is 5.87. The minimum absolute atomic E-state index is 0.00368. The van der Waals surface area contributed by atoms with Crippen molar-refractivity contribution in [3.05, 3.63) is 29.3 Å². The number of benzene rings is 1. The van der Waals surface area contributed by atoms with Crippen LogP contribution in [0.3, 0.4) is 0 Å². The molecule has 0 fully saturated rings. The first-order valence-corrected chi connectivity index (χ1v) is 4.93. The second kappa shape index (κ2) is 6.40. The van der Waals surface area contributed by atoms with Gasteiger partial charge in [-0.2, -0.15) is 0 Å². The summed E-state index contributed by atoms with van der Waals surface area (Å²) in [6, 6.07) is 6.93. The fourth-order valence-electron chi connectivity index (χ4n) is 1.01. The topological polar surface area (TPSA) is 64.3 Å². The van der Waals surface area contributed by atoms with Crippen LogP contribution in [-0.4, -0.2) is 25.7 Å². The van der Waals surface area contributed by atoms with E-state index >= 15 is 0 Å². The lowest BCUT2D eigenvalue weighted by Crippen LogP contribution is -2.20. The standard InChI is InChI=1S/C10H13ClN2O2/c11-8-2-1-3-9(6-8)13-10(14)7-15-5-4-12/h1-3,6H,4-5,7,12H2,(H,13,14). The normalized spacial score (nSPS) is 10.0. The van der Waals surface area contributed by atoms with Gasteiger partial charge in [0.05, 0.1) is 6.61 Å². The molecule has 0 aromatic heterocycles. The van der Waals surface area contributed by atoms with Crippen LogP contribution >= 0.6 is 11.6 Å². The third-order valence-corrected chi connectivity index (χ3v) is 1.84. The van der Waals surface area contributed by atoms with E-state index in [1.54, 1.807) is 24.3 Å². The highest BCUT2D eigenvalue weighted by Gasteiger charge is 2.01. The van der Waals surface area contributed by atoms with Gasteiger partial charge in [-0.1, -0.05) is 17.7 Å². The van der Waals surface area contributed by atoms with Crippen molar-refractivity contribution < 1.29 is 9.53 Å². The zero-order chi connectivity index (χ0) is 11.1. The number of carbonyl (C=O) groups excluding carboxylic acids is 1. The van der Waals surface area contributed by atoms with E-state index in [9.17, 15) is 4.79 Å². The van der Waals surface area contributed by atoms with E-state index in [1.165, 1.54) is 0 Å². The number of nitrogens with one attached hydrogen (secondary N) is 1. The first kappa shape index (κ1) is 12.0. The Labute approximate surface area is 93.4 Å². The van der Waals surface area contributed by atoms with Crippen LogP contribution in [0.15, 0.2) is 24.3 Å². The molecule has 82 valence electrons. The number of anilines is 1. The molecule has 0 heterocycles. The Bertz CT molecular complexity index is 331. The molecule has 1 amide bonds. The minimum atomic E-state index is -0.217. The molecule has 0 bridgehead atoms. The Kier molecular flexibility index (Phi) is 5.10. The number of ether oxygens (including phenoxy) is 1. The second-order valence-corrected chi connectivity index (χ2v) is 3.34. The molecule has 4 nitrogen and oxygen atoms in total. The van der Waals surface area contributed by atoms with E-state index in [1.807, 2.05) is 0 Å². The predicted molar refractivity (Wildman–Crippen MR) is 60.0 cm³/mol. The molecule has 5 heteroatoms. The third-order valence-electron chi connectivity index (χ3n) is 1.60. The SMILES string of the molecule is NCCOCC(=O)Nc1cccc(Cl)c1. The van der Waals surface area contributed by atoms with E-state index < -0.39 is 0 Å². The van der Waals surface area contributed by atoms with Crippen molar-refractivity contribution >= 4 is 23.2 Å². The first-order chi connectivity index (χ1) is 7.22. The fraction of sp³-hybridized carbons (Fsp3) is 0.300. The number of hydrogen-bond donors (Lipinski definition) is 2. The van der Waals surface area contributed by atoms with Crippen molar-refractivity contribution in [2.75, 3.05) is 25.1 Å². The summed E-state index contributed by atoms with van der Waals surface area (Å²) in [5, 5.41) is 3.23. The van der Waals surface area contributed by atoms with Gasteiger partial charge >= 0.3 is 0 Å². The van der Waals surface area contributed by atoms with Crippen LogP contribution < -0.4 is 11.1 Å². The van der Waals surface area contributed by atoms with E-state index in [-0.39, 0.29) is 12.5 Å². The molecular formula is C10H13ClN2O2. The number of carbonyl (C=O) groups is 1. The molecule has 1 aromatic carbocycles. The molecule has 0 aliphatic carbocycles. The Hall–Kier alpha value is -1.10. The van der Waals surface area contributed by atoms with Gasteiger partial charge in [0, 0.05) is 17.3 Å². The highest BCUT2D eigenvalue weighted by Crippen LogP contribution is 2.14. The molecule has 0 saturated carbocycles. The fourth-order valence-corrected chi connectivity index (χ4v) is 1.20. The summed E-state index contributed by atoms with van der Waals surface area (Å²) in [5.74, 6) is -0.217. The van der Waals surface area contributed by atoms with Crippen LogP contribution in [-0.2, 0) is 9.53 Å². The Balaban J connectivity index is 2.37. The number of hydrogen-bond acceptors (Lipinski definition) is 3. The lowest BCUT2D eigenvalue weighted by molar-refractivity contribution is -0.120. The van der Waals surface area contributed by atoms with Crippen LogP contribution in [0.5, 0.6) is 0 Å². The van der Waals surface area contributed by atoms with Crippen LogP contribution in [0.1, 0.15) is 0 Å². The van der Waals surface area contributed by atoms with E-state index in [4.69, 9.17) is 22.1 Å². The third kappa shape index (κ3) is 4.78. The molecule has 3 N–H and O–H groups in total. The summed E-state index contributed by atoms with van der Waals surface area (Å²) < 4.78 is 4.98. The smallest absolute Gasteiger partial charge is 0.250 e. The molecule has 1 aromatic rings. The molecule has 15 heavy (non-hydrogen) atoms. The number of halogens is 1. The minimum Gasteiger partial charge on any atom is -0.370 e. The maximum absolute atomic E-state index is 11.3. The summed E-state index contributed by atoms with van der Waals surface area (Å²) in [6.07, 6.45) is 0. The van der Waals surface area contributed by atoms with Gasteiger partial charge < -0.3 is 15.8 Å². The molecule has 0 unspecified atom stereocenters. The molecule has 0 radical (unpaired) electrons. The molecule has 1 rings (SSSR count). The van der Waals surface area contributed by atoms with Gasteiger partial charge in [0.1, 0.15) is 6.61 Å². The van der Waals surface area contributed by atoms with Gasteiger partial charge in [-0.15, -0.1) is 0 Å². The van der Waals surface area contributed by atoms with Crippen LogP contribution in [0.2, 0.25) is 5.02 Å². The van der Waals surface area contributed by atoms with Crippen molar-refractivity contribution in [1.29, 1.82) is 0 Å². The lowest BCUT2D eigenvalue weighted by Gasteiger charge is -2.05. The second-order valence-electron chi connectivity index (χ2n) is 2.90. The Morgan fingerprint density at radius 3 is 3.00 bits per heavy atom. The Morgan fingerprint density at radius 2 is 2.33 bits per heavy atom. The quantitative estimate of drug-likeness (QED) is 0.746. The van der Waals surface area contributed by atoms with Crippen LogP contribution in [0.4, 0.5) is 5.69 Å². The maximum Gasteiger partial charge on any atom is 0.250 e. The monoisotopic (exact) mass is 228 g/mol. The van der Waals surface area contributed by atoms with Crippen molar-refractivity contribution in [3.63, 3.8) is 0 Å². The van der Waals surface area contributed by atoms with Gasteiger partial charge in [-0.25, -0.2) is 0 Å². The van der Waals surface area contributed by atoms with Crippen molar-refractivity contribution in [3.8, 4) is 0 Å². The summed E-state index contributed by atoms with van der Waals surface area (Å²) in [4.78, 5) is 11.3. The van der Waals surface area contributed by atoms with E-state index in [0.29, 0.717) is 23.9 Å². The average Bonchev–Trinajstić information content (AvgIpc) is 2.18. The van der Waals surface area contributed by atoms with Gasteiger partial charge in [0.15, 0.2) is 0 Å². The maximum atomic E-state index is 11.3. The molecular weight excluding hydrogens is 216 g/mol. The molecule has 0 aliphatic heterocycles. The largest absolute Gasteiger partial charge is 0.370 e. The summed E-state index contributed by atoms with van der Waals surface area (Å²) in [6.45, 7) is 0.789. The van der Waals surface area contributed by atoms with E-state index in [2.05, 4.69) is 5.32 Å². The van der Waals surface area contributed by atoms with E-state index in [0.717, 1.165) is 0 Å². The van der Waals surface area contributed by atoms with Crippen molar-refractivity contribution in [1.82, 2.24) is 0 Å². The molecule has 0 spiro atoms. The van der Waals surface area contributed by atoms with Crippen molar-refractivity contribution in [2.24, 2.45) is 5.73 Å². The van der Waals surface area contributed by atoms with Crippen LogP contribution in [0, 0.1) is 0 Å². The highest BCUT2D eigenvalue weighted by atomic mass is 35.5. The van der Waals surface area contributed by atoms with Gasteiger partial charge in [0.2, 0.25) is 5.91 Å². The lowest BCUT2D eigenvalue weighted by atomic mass is 10.3. The number of amides is 1. The van der Waals surface area contributed by atoms with Gasteiger partial charge in [-0.3, -0.25) is 4.79 Å². The zero-order valence-electron chi connectivity index (χ0n) is 8.20. The summed E-state index contributed by atoms with van der Waals surface area (Å²) >= 11 is 5.76. The predicted octanol–water partition coefficient (Wildman–Crippen LogP) is 1.25. The van der Waals surface area contributed by atoms with Crippen molar-refractivity contribution in [2.45, 2.75) is 0 Å². The van der Waals surface area contributed by atoms with Crippen LogP contribution in [0.25, 0.3) is 0 Å². The number of nitrogens with two attached hydrogens (primary N) is 1. The van der Waals surface area contributed by atoms with Gasteiger partial charge in [-0.05, 0) is 18.2 Å². The molecule has 0 atom stereocenters.